The molecular weight excluding hydrogens is 254 g/mol. The van der Waals surface area contributed by atoms with E-state index in [0.717, 1.165) is 17.1 Å². The normalized spacial score (nSPS) is 22.0. The lowest BCUT2D eigenvalue weighted by Crippen LogP contribution is -2.39. The van der Waals surface area contributed by atoms with Crippen LogP contribution in [0.3, 0.4) is 0 Å². The molecule has 0 aromatic carbocycles. The summed E-state index contributed by atoms with van der Waals surface area (Å²) in [6.07, 6.45) is 2.14. The molecule has 1 unspecified atom stereocenters. The number of hydrogen-bond donors (Lipinski definition) is 1. The third-order valence-electron chi connectivity index (χ3n) is 3.80. The van der Waals surface area contributed by atoms with Crippen molar-refractivity contribution in [2.24, 2.45) is 5.92 Å². The first-order valence-electron chi connectivity index (χ1n) is 6.46. The molecule has 1 heterocycles. The van der Waals surface area contributed by atoms with Crippen LogP contribution in [0.25, 0.3) is 0 Å². The van der Waals surface area contributed by atoms with Gasteiger partial charge in [-0.3, -0.25) is 0 Å². The van der Waals surface area contributed by atoms with Crippen LogP contribution in [0.15, 0.2) is 5.38 Å². The number of nitrogens with zero attached hydrogens (tertiary/aromatic N) is 1. The molecule has 1 aliphatic rings. The minimum atomic E-state index is -2.44. The summed E-state index contributed by atoms with van der Waals surface area (Å²) < 4.78 is 26.3. The highest BCUT2D eigenvalue weighted by Gasteiger charge is 2.37. The highest BCUT2D eigenvalue weighted by atomic mass is 32.1. The van der Waals surface area contributed by atoms with Gasteiger partial charge in [0.2, 0.25) is 5.92 Å². The van der Waals surface area contributed by atoms with Crippen LogP contribution in [0.5, 0.6) is 0 Å². The Kier molecular flexibility index (Phi) is 4.33. The summed E-state index contributed by atoms with van der Waals surface area (Å²) in [7, 11) is 1.91. The van der Waals surface area contributed by atoms with Gasteiger partial charge in [-0.25, -0.2) is 13.8 Å². The maximum Gasteiger partial charge on any atom is 0.248 e. The van der Waals surface area contributed by atoms with Crippen molar-refractivity contribution in [2.75, 3.05) is 7.05 Å². The van der Waals surface area contributed by atoms with Gasteiger partial charge in [0, 0.05) is 30.7 Å². The van der Waals surface area contributed by atoms with Crippen molar-refractivity contribution in [3.63, 3.8) is 0 Å². The fraction of sp³-hybridized carbons (Fsp3) is 0.769. The Bertz CT molecular complexity index is 382. The van der Waals surface area contributed by atoms with Gasteiger partial charge in [-0.2, -0.15) is 0 Å². The van der Waals surface area contributed by atoms with Gasteiger partial charge < -0.3 is 5.32 Å². The fourth-order valence-electron chi connectivity index (χ4n) is 2.70. The predicted molar refractivity (Wildman–Crippen MR) is 70.3 cm³/mol. The summed E-state index contributed by atoms with van der Waals surface area (Å²) in [6, 6.07) is 0.266. The largest absolute Gasteiger partial charge is 0.316 e. The number of halogens is 2. The van der Waals surface area contributed by atoms with Crippen LogP contribution in [-0.4, -0.2) is 24.0 Å². The van der Waals surface area contributed by atoms with E-state index < -0.39 is 5.92 Å². The Hall–Kier alpha value is -0.550. The number of aromatic nitrogens is 1. The van der Waals surface area contributed by atoms with Crippen LogP contribution < -0.4 is 5.32 Å². The third kappa shape index (κ3) is 3.48. The zero-order valence-corrected chi connectivity index (χ0v) is 11.7. The van der Waals surface area contributed by atoms with Crippen LogP contribution >= 0.6 is 11.3 Å². The Morgan fingerprint density at radius 3 is 2.67 bits per heavy atom. The topological polar surface area (TPSA) is 24.9 Å². The maximum absolute atomic E-state index is 13.1. The maximum atomic E-state index is 13.1. The monoisotopic (exact) mass is 274 g/mol. The molecule has 18 heavy (non-hydrogen) atoms. The molecule has 0 radical (unpaired) electrons. The molecule has 1 saturated carbocycles. The van der Waals surface area contributed by atoms with Gasteiger partial charge in [0.25, 0.3) is 0 Å². The molecule has 1 fully saturated rings. The summed E-state index contributed by atoms with van der Waals surface area (Å²) in [6.45, 7) is 1.99. The number of alkyl halides is 2. The zero-order chi connectivity index (χ0) is 13.2. The SMILES string of the molecule is CNC(Cc1csc(C)n1)C1CCC(F)(F)CC1. The Morgan fingerprint density at radius 1 is 1.50 bits per heavy atom. The van der Waals surface area contributed by atoms with Crippen molar-refractivity contribution >= 4 is 11.3 Å². The van der Waals surface area contributed by atoms with E-state index >= 15 is 0 Å². The van der Waals surface area contributed by atoms with Crippen LogP contribution in [0, 0.1) is 12.8 Å². The molecule has 1 N–H and O–H groups in total. The molecule has 0 bridgehead atoms. The van der Waals surface area contributed by atoms with Crippen LogP contribution in [0.2, 0.25) is 0 Å². The van der Waals surface area contributed by atoms with Crippen LogP contribution in [-0.2, 0) is 6.42 Å². The Morgan fingerprint density at radius 2 is 2.17 bits per heavy atom. The molecular formula is C13H20F2N2S. The van der Waals surface area contributed by atoms with Crippen molar-refractivity contribution in [2.45, 2.75) is 51.0 Å². The van der Waals surface area contributed by atoms with E-state index in [1.807, 2.05) is 14.0 Å². The van der Waals surface area contributed by atoms with Gasteiger partial charge in [0.15, 0.2) is 0 Å². The Balaban J connectivity index is 1.93. The third-order valence-corrected chi connectivity index (χ3v) is 4.62. The second kappa shape index (κ2) is 5.61. The lowest BCUT2D eigenvalue weighted by atomic mass is 9.80. The highest BCUT2D eigenvalue weighted by molar-refractivity contribution is 7.09. The summed E-state index contributed by atoms with van der Waals surface area (Å²) in [4.78, 5) is 4.45. The van der Waals surface area contributed by atoms with Gasteiger partial charge >= 0.3 is 0 Å². The number of aryl methyl sites for hydroxylation is 1. The summed E-state index contributed by atoms with van der Waals surface area (Å²) >= 11 is 1.64. The minimum Gasteiger partial charge on any atom is -0.316 e. The van der Waals surface area contributed by atoms with Crippen molar-refractivity contribution in [1.29, 1.82) is 0 Å². The first kappa shape index (κ1) is 13.9. The molecule has 2 nitrogen and oxygen atoms in total. The number of thiazole rings is 1. The molecule has 1 aromatic rings. The van der Waals surface area contributed by atoms with E-state index in [2.05, 4.69) is 15.7 Å². The molecule has 1 aliphatic carbocycles. The molecule has 1 atom stereocenters. The molecule has 5 heteroatoms. The van der Waals surface area contributed by atoms with E-state index in [9.17, 15) is 8.78 Å². The quantitative estimate of drug-likeness (QED) is 0.910. The molecule has 1 aromatic heterocycles. The number of hydrogen-bond acceptors (Lipinski definition) is 3. The number of rotatable bonds is 4. The van der Waals surface area contributed by atoms with Crippen LogP contribution in [0.4, 0.5) is 8.78 Å². The smallest absolute Gasteiger partial charge is 0.248 e. The molecule has 102 valence electrons. The second-order valence-corrected chi connectivity index (χ2v) is 6.21. The summed E-state index contributed by atoms with van der Waals surface area (Å²) in [5, 5.41) is 6.41. The minimum absolute atomic E-state index is 0.0337. The lowest BCUT2D eigenvalue weighted by Gasteiger charge is -2.33. The molecule has 0 amide bonds. The first-order chi connectivity index (χ1) is 8.50. The molecule has 0 spiro atoms. The standard InChI is InChI=1S/C13H20F2N2S/c1-9-17-11(8-18-9)7-12(16-2)10-3-5-13(14,15)6-4-10/h8,10,12,16H,3-7H2,1-2H3. The fourth-order valence-corrected chi connectivity index (χ4v) is 3.32. The van der Waals surface area contributed by atoms with Gasteiger partial charge in [-0.1, -0.05) is 0 Å². The molecule has 0 aliphatic heterocycles. The average molecular weight is 274 g/mol. The van der Waals surface area contributed by atoms with Crippen molar-refractivity contribution in [1.82, 2.24) is 10.3 Å². The summed E-state index contributed by atoms with van der Waals surface area (Å²) in [5.74, 6) is -2.09. The predicted octanol–water partition coefficient (Wildman–Crippen LogP) is 3.41. The van der Waals surface area contributed by atoms with Gasteiger partial charge in [-0.15, -0.1) is 11.3 Å². The molecule has 2 rings (SSSR count). The zero-order valence-electron chi connectivity index (χ0n) is 10.9. The Labute approximate surface area is 111 Å². The average Bonchev–Trinajstić information content (AvgIpc) is 2.72. The van der Waals surface area contributed by atoms with E-state index in [4.69, 9.17) is 0 Å². The van der Waals surface area contributed by atoms with Gasteiger partial charge in [0.1, 0.15) is 0 Å². The van der Waals surface area contributed by atoms with E-state index in [0.29, 0.717) is 18.8 Å². The van der Waals surface area contributed by atoms with Gasteiger partial charge in [-0.05, 0) is 32.7 Å². The summed E-state index contributed by atoms with van der Waals surface area (Å²) in [5.41, 5.74) is 1.08. The second-order valence-electron chi connectivity index (χ2n) is 5.15. The number of likely N-dealkylation sites (N-methyl/N-ethyl adjacent to an activating group) is 1. The highest BCUT2D eigenvalue weighted by Crippen LogP contribution is 2.37. The molecule has 0 saturated heterocycles. The van der Waals surface area contributed by atoms with E-state index in [-0.39, 0.29) is 18.9 Å². The first-order valence-corrected chi connectivity index (χ1v) is 7.34. The van der Waals surface area contributed by atoms with Crippen molar-refractivity contribution in [3.05, 3.63) is 16.1 Å². The van der Waals surface area contributed by atoms with E-state index in [1.54, 1.807) is 11.3 Å². The number of nitrogens with one attached hydrogen (secondary N) is 1. The lowest BCUT2D eigenvalue weighted by molar-refractivity contribution is -0.0493. The van der Waals surface area contributed by atoms with Crippen molar-refractivity contribution in [3.8, 4) is 0 Å². The van der Waals surface area contributed by atoms with Crippen LogP contribution in [0.1, 0.15) is 36.4 Å². The van der Waals surface area contributed by atoms with Crippen molar-refractivity contribution < 1.29 is 8.78 Å². The van der Waals surface area contributed by atoms with Gasteiger partial charge in [0.05, 0.1) is 10.7 Å². The van der Waals surface area contributed by atoms with E-state index in [1.165, 1.54) is 0 Å².